The van der Waals surface area contributed by atoms with E-state index in [9.17, 15) is 0 Å². The Morgan fingerprint density at radius 2 is 1.78 bits per heavy atom. The van der Waals surface area contributed by atoms with Gasteiger partial charge in [0.2, 0.25) is 0 Å². The standard InChI is InChI=1S/C16H14BrN/c17-10-16-13-7-3-1-5-11(13)9-15(18-16)12-6-2-4-8-14(12)16/h1-8,15,18H,9-10H2. The van der Waals surface area contributed by atoms with E-state index in [2.05, 4.69) is 69.8 Å². The molecule has 0 saturated heterocycles. The van der Waals surface area contributed by atoms with E-state index in [0.29, 0.717) is 6.04 Å². The third kappa shape index (κ3) is 1.20. The van der Waals surface area contributed by atoms with Crippen LogP contribution in [-0.2, 0) is 12.0 Å². The van der Waals surface area contributed by atoms with Gasteiger partial charge in [0.1, 0.15) is 0 Å². The molecule has 0 aliphatic carbocycles. The van der Waals surface area contributed by atoms with Gasteiger partial charge in [0.15, 0.2) is 0 Å². The predicted octanol–water partition coefficient (Wildman–Crippen LogP) is 3.53. The maximum absolute atomic E-state index is 3.83. The van der Waals surface area contributed by atoms with Gasteiger partial charge in [-0.05, 0) is 28.7 Å². The molecule has 0 fully saturated rings. The SMILES string of the molecule is BrCC12NC(Cc3ccccc31)c1ccccc12. The average molecular weight is 300 g/mol. The number of benzene rings is 2. The first-order chi connectivity index (χ1) is 8.85. The van der Waals surface area contributed by atoms with Crippen LogP contribution in [0, 0.1) is 0 Å². The third-order valence-electron chi connectivity index (χ3n) is 4.32. The number of alkyl halides is 1. The summed E-state index contributed by atoms with van der Waals surface area (Å²) in [6, 6.07) is 18.1. The van der Waals surface area contributed by atoms with Crippen molar-refractivity contribution in [3.63, 3.8) is 0 Å². The van der Waals surface area contributed by atoms with Crippen LogP contribution in [0.2, 0.25) is 0 Å². The lowest BCUT2D eigenvalue weighted by molar-refractivity contribution is 0.397. The van der Waals surface area contributed by atoms with Crippen LogP contribution < -0.4 is 5.32 Å². The molecule has 2 aliphatic heterocycles. The number of hydrogen-bond donors (Lipinski definition) is 1. The van der Waals surface area contributed by atoms with Crippen molar-refractivity contribution in [2.75, 3.05) is 5.33 Å². The minimum absolute atomic E-state index is 0.0316. The molecule has 4 rings (SSSR count). The number of halogens is 1. The van der Waals surface area contributed by atoms with Gasteiger partial charge in [0.05, 0.1) is 5.54 Å². The summed E-state index contributed by atoms with van der Waals surface area (Å²) in [6.07, 6.45) is 1.10. The van der Waals surface area contributed by atoms with Crippen LogP contribution in [-0.4, -0.2) is 5.33 Å². The molecule has 1 nitrogen and oxygen atoms in total. The molecule has 18 heavy (non-hydrogen) atoms. The molecule has 2 bridgehead atoms. The van der Waals surface area contributed by atoms with Crippen molar-refractivity contribution in [2.24, 2.45) is 0 Å². The van der Waals surface area contributed by atoms with Crippen molar-refractivity contribution < 1.29 is 0 Å². The van der Waals surface area contributed by atoms with E-state index < -0.39 is 0 Å². The normalized spacial score (nSPS) is 27.7. The first-order valence-corrected chi connectivity index (χ1v) is 7.49. The molecule has 2 unspecified atom stereocenters. The summed E-state index contributed by atoms with van der Waals surface area (Å²) in [7, 11) is 0. The second-order valence-electron chi connectivity index (χ2n) is 5.18. The smallest absolute Gasteiger partial charge is 0.0799 e. The first kappa shape index (κ1) is 10.8. The lowest BCUT2D eigenvalue weighted by Gasteiger charge is -2.36. The highest BCUT2D eigenvalue weighted by Gasteiger charge is 2.47. The van der Waals surface area contributed by atoms with Crippen molar-refractivity contribution in [1.82, 2.24) is 5.32 Å². The number of rotatable bonds is 1. The largest absolute Gasteiger partial charge is 0.296 e. The molecule has 2 aliphatic rings. The van der Waals surface area contributed by atoms with Gasteiger partial charge in [0, 0.05) is 11.4 Å². The molecule has 2 heteroatoms. The van der Waals surface area contributed by atoms with Gasteiger partial charge in [-0.15, -0.1) is 0 Å². The molecule has 0 spiro atoms. The van der Waals surface area contributed by atoms with E-state index in [1.165, 1.54) is 22.3 Å². The van der Waals surface area contributed by atoms with E-state index >= 15 is 0 Å². The Hall–Kier alpha value is -1.12. The highest BCUT2D eigenvalue weighted by molar-refractivity contribution is 9.09. The van der Waals surface area contributed by atoms with Gasteiger partial charge in [-0.1, -0.05) is 64.5 Å². The molecule has 1 N–H and O–H groups in total. The predicted molar refractivity (Wildman–Crippen MR) is 77.0 cm³/mol. The van der Waals surface area contributed by atoms with Crippen LogP contribution in [0.15, 0.2) is 48.5 Å². The van der Waals surface area contributed by atoms with Gasteiger partial charge in [-0.3, -0.25) is 5.32 Å². The zero-order chi connectivity index (χ0) is 12.2. The molecule has 0 aromatic heterocycles. The summed E-state index contributed by atoms with van der Waals surface area (Å²) in [5.74, 6) is 0. The zero-order valence-corrected chi connectivity index (χ0v) is 11.6. The molecule has 2 aromatic rings. The Morgan fingerprint density at radius 3 is 2.61 bits per heavy atom. The highest BCUT2D eigenvalue weighted by atomic mass is 79.9. The van der Waals surface area contributed by atoms with Crippen LogP contribution in [0.4, 0.5) is 0 Å². The number of fused-ring (bicyclic) bond motifs is 7. The lowest BCUT2D eigenvalue weighted by atomic mass is 9.82. The fourth-order valence-corrected chi connectivity index (χ4v) is 4.31. The van der Waals surface area contributed by atoms with E-state index in [0.717, 1.165) is 11.8 Å². The molecule has 0 amide bonds. The van der Waals surface area contributed by atoms with Crippen molar-refractivity contribution >= 4 is 15.9 Å². The minimum Gasteiger partial charge on any atom is -0.296 e. The monoisotopic (exact) mass is 299 g/mol. The summed E-state index contributed by atoms with van der Waals surface area (Å²) in [5, 5.41) is 4.75. The average Bonchev–Trinajstić information content (AvgIpc) is 2.71. The van der Waals surface area contributed by atoms with Gasteiger partial charge >= 0.3 is 0 Å². The lowest BCUT2D eigenvalue weighted by Crippen LogP contribution is -2.45. The maximum atomic E-state index is 3.83. The van der Waals surface area contributed by atoms with Crippen LogP contribution in [0.3, 0.4) is 0 Å². The molecule has 2 atom stereocenters. The van der Waals surface area contributed by atoms with Crippen molar-refractivity contribution in [3.05, 3.63) is 70.8 Å². The summed E-state index contributed by atoms with van der Waals surface area (Å²) in [6.45, 7) is 0. The second-order valence-corrected chi connectivity index (χ2v) is 5.75. The fourth-order valence-electron chi connectivity index (χ4n) is 3.54. The zero-order valence-electron chi connectivity index (χ0n) is 9.99. The van der Waals surface area contributed by atoms with E-state index in [1.807, 2.05) is 0 Å². The van der Waals surface area contributed by atoms with Crippen molar-refractivity contribution in [3.8, 4) is 0 Å². The Kier molecular flexibility index (Phi) is 2.21. The molecular formula is C16H14BrN. The minimum atomic E-state index is -0.0316. The van der Waals surface area contributed by atoms with Crippen molar-refractivity contribution in [2.45, 2.75) is 18.0 Å². The van der Waals surface area contributed by atoms with Gasteiger partial charge < -0.3 is 0 Å². The molecule has 0 saturated carbocycles. The topological polar surface area (TPSA) is 12.0 Å². The molecular weight excluding hydrogens is 286 g/mol. The van der Waals surface area contributed by atoms with Crippen molar-refractivity contribution in [1.29, 1.82) is 0 Å². The van der Waals surface area contributed by atoms with Gasteiger partial charge in [0.25, 0.3) is 0 Å². The van der Waals surface area contributed by atoms with Gasteiger partial charge in [-0.2, -0.15) is 0 Å². The quantitative estimate of drug-likeness (QED) is 0.795. The van der Waals surface area contributed by atoms with Crippen LogP contribution >= 0.6 is 15.9 Å². The molecule has 2 heterocycles. The Bertz CT molecular complexity index is 609. The third-order valence-corrected chi connectivity index (χ3v) is 5.16. The summed E-state index contributed by atoms with van der Waals surface area (Å²) in [4.78, 5) is 0. The Morgan fingerprint density at radius 1 is 1.06 bits per heavy atom. The summed E-state index contributed by atoms with van der Waals surface area (Å²) < 4.78 is 0. The van der Waals surface area contributed by atoms with Crippen LogP contribution in [0.25, 0.3) is 0 Å². The Balaban J connectivity index is 2.05. The Labute approximate surface area is 115 Å². The van der Waals surface area contributed by atoms with E-state index in [-0.39, 0.29) is 5.54 Å². The molecule has 90 valence electrons. The van der Waals surface area contributed by atoms with Crippen LogP contribution in [0.5, 0.6) is 0 Å². The number of nitrogens with one attached hydrogen (secondary N) is 1. The summed E-state index contributed by atoms with van der Waals surface area (Å²) >= 11 is 3.73. The van der Waals surface area contributed by atoms with Gasteiger partial charge in [-0.25, -0.2) is 0 Å². The summed E-state index contributed by atoms with van der Waals surface area (Å²) in [5.41, 5.74) is 5.79. The highest BCUT2D eigenvalue weighted by Crippen LogP contribution is 2.49. The second kappa shape index (κ2) is 3.69. The molecule has 2 aromatic carbocycles. The first-order valence-electron chi connectivity index (χ1n) is 6.36. The maximum Gasteiger partial charge on any atom is 0.0799 e. The van der Waals surface area contributed by atoms with E-state index in [4.69, 9.17) is 0 Å². The fraction of sp³-hybridized carbons (Fsp3) is 0.250. The number of hydrogen-bond acceptors (Lipinski definition) is 1. The van der Waals surface area contributed by atoms with Crippen LogP contribution in [0.1, 0.15) is 28.3 Å². The van der Waals surface area contributed by atoms with E-state index in [1.54, 1.807) is 0 Å². The molecule has 0 radical (unpaired) electrons.